The maximum absolute atomic E-state index is 12.5. The van der Waals surface area contributed by atoms with Crippen LogP contribution < -0.4 is 14.8 Å². The molecule has 4 heteroatoms. The molecule has 0 radical (unpaired) electrons. The fraction of sp³-hybridized carbons (Fsp3) is 0.261. The molecule has 0 spiro atoms. The van der Waals surface area contributed by atoms with Crippen molar-refractivity contribution in [3.8, 4) is 11.5 Å². The first kappa shape index (κ1) is 18.8. The van der Waals surface area contributed by atoms with Crippen molar-refractivity contribution in [3.05, 3.63) is 72.3 Å². The molecule has 0 aliphatic rings. The van der Waals surface area contributed by atoms with E-state index in [0.29, 0.717) is 19.6 Å². The summed E-state index contributed by atoms with van der Waals surface area (Å²) in [5.41, 5.74) is 1.08. The minimum absolute atomic E-state index is 0.126. The van der Waals surface area contributed by atoms with Crippen molar-refractivity contribution in [3.63, 3.8) is 0 Å². The van der Waals surface area contributed by atoms with E-state index in [9.17, 15) is 4.79 Å². The van der Waals surface area contributed by atoms with Gasteiger partial charge < -0.3 is 14.8 Å². The zero-order valence-electron chi connectivity index (χ0n) is 15.8. The first-order valence-corrected chi connectivity index (χ1v) is 9.29. The number of fused-ring (bicyclic) bond motifs is 1. The molecule has 3 aromatic carbocycles. The summed E-state index contributed by atoms with van der Waals surface area (Å²) in [7, 11) is 0. The molecule has 0 unspecified atom stereocenters. The summed E-state index contributed by atoms with van der Waals surface area (Å²) in [5, 5.41) is 5.01. The number of rotatable bonds is 8. The number of hydrogen-bond acceptors (Lipinski definition) is 3. The molecule has 0 saturated carbocycles. The lowest BCUT2D eigenvalue weighted by Crippen LogP contribution is -2.39. The lowest BCUT2D eigenvalue weighted by molar-refractivity contribution is -0.128. The van der Waals surface area contributed by atoms with Gasteiger partial charge in [-0.05, 0) is 36.4 Å². The zero-order chi connectivity index (χ0) is 19.1. The minimum Gasteiger partial charge on any atom is -0.491 e. The number of ether oxygens (including phenoxy) is 2. The van der Waals surface area contributed by atoms with E-state index in [-0.39, 0.29) is 5.91 Å². The Bertz CT molecular complexity index is 902. The van der Waals surface area contributed by atoms with Crippen LogP contribution in [-0.2, 0) is 4.79 Å². The number of benzene rings is 3. The fourth-order valence-corrected chi connectivity index (χ4v) is 2.94. The summed E-state index contributed by atoms with van der Waals surface area (Å²) in [6.45, 7) is 4.79. The Labute approximate surface area is 160 Å². The predicted molar refractivity (Wildman–Crippen MR) is 108 cm³/mol. The number of aryl methyl sites for hydroxylation is 1. The normalized spacial score (nSPS) is 11.8. The number of carbonyl (C=O) groups excluding carboxylic acids is 1. The highest BCUT2D eigenvalue weighted by Crippen LogP contribution is 2.26. The smallest absolute Gasteiger partial charge is 0.261 e. The topological polar surface area (TPSA) is 47.6 Å². The fourth-order valence-electron chi connectivity index (χ4n) is 2.94. The molecule has 3 aromatic rings. The van der Waals surface area contributed by atoms with E-state index < -0.39 is 6.10 Å². The lowest BCUT2D eigenvalue weighted by Gasteiger charge is -2.18. The first-order chi connectivity index (χ1) is 13.2. The van der Waals surface area contributed by atoms with Gasteiger partial charge in [0.05, 0.1) is 6.54 Å². The van der Waals surface area contributed by atoms with Gasteiger partial charge in [-0.15, -0.1) is 0 Å². The quantitative estimate of drug-likeness (QED) is 0.600. The highest BCUT2D eigenvalue weighted by molar-refractivity contribution is 5.89. The summed E-state index contributed by atoms with van der Waals surface area (Å²) in [5.74, 6) is 1.44. The molecular formula is C23H25NO3. The molecule has 0 saturated heterocycles. The Balaban J connectivity index is 1.55. The van der Waals surface area contributed by atoms with Crippen LogP contribution in [0.25, 0.3) is 10.8 Å². The third-order valence-electron chi connectivity index (χ3n) is 4.43. The highest BCUT2D eigenvalue weighted by atomic mass is 16.5. The van der Waals surface area contributed by atoms with Gasteiger partial charge >= 0.3 is 0 Å². The van der Waals surface area contributed by atoms with Crippen LogP contribution in [0.4, 0.5) is 0 Å². The van der Waals surface area contributed by atoms with Gasteiger partial charge in [0.25, 0.3) is 5.91 Å². The molecule has 1 N–H and O–H groups in total. The van der Waals surface area contributed by atoms with Crippen molar-refractivity contribution in [2.45, 2.75) is 26.4 Å². The van der Waals surface area contributed by atoms with E-state index in [1.807, 2.05) is 80.6 Å². The van der Waals surface area contributed by atoms with Crippen molar-refractivity contribution in [2.75, 3.05) is 13.2 Å². The predicted octanol–water partition coefficient (Wildman–Crippen LogP) is 4.50. The van der Waals surface area contributed by atoms with Crippen LogP contribution in [-0.4, -0.2) is 25.2 Å². The van der Waals surface area contributed by atoms with E-state index >= 15 is 0 Å². The summed E-state index contributed by atoms with van der Waals surface area (Å²) >= 11 is 0. The van der Waals surface area contributed by atoms with Crippen molar-refractivity contribution in [2.24, 2.45) is 0 Å². The second-order valence-electron chi connectivity index (χ2n) is 6.40. The summed E-state index contributed by atoms with van der Waals surface area (Å²) in [4.78, 5) is 12.5. The molecular weight excluding hydrogens is 338 g/mol. The number of hydrogen-bond donors (Lipinski definition) is 1. The molecule has 4 nitrogen and oxygen atoms in total. The second-order valence-corrected chi connectivity index (χ2v) is 6.40. The van der Waals surface area contributed by atoms with Gasteiger partial charge in [0.2, 0.25) is 0 Å². The van der Waals surface area contributed by atoms with Crippen LogP contribution >= 0.6 is 0 Å². The molecule has 0 aliphatic heterocycles. The largest absolute Gasteiger partial charge is 0.491 e. The monoisotopic (exact) mass is 363 g/mol. The number of amides is 1. The van der Waals surface area contributed by atoms with Crippen molar-refractivity contribution in [1.29, 1.82) is 0 Å². The van der Waals surface area contributed by atoms with Crippen molar-refractivity contribution in [1.82, 2.24) is 5.32 Å². The second kappa shape index (κ2) is 9.08. The molecule has 1 atom stereocenters. The summed E-state index contributed by atoms with van der Waals surface area (Å²) in [6.07, 6.45) is 0.0579. The Morgan fingerprint density at radius 3 is 2.48 bits per heavy atom. The van der Waals surface area contributed by atoms with E-state index in [4.69, 9.17) is 9.47 Å². The number of nitrogens with one attached hydrogen (secondary N) is 1. The van der Waals surface area contributed by atoms with Crippen LogP contribution in [0.15, 0.2) is 66.7 Å². The molecule has 1 amide bonds. The van der Waals surface area contributed by atoms with Crippen LogP contribution in [0.5, 0.6) is 11.5 Å². The van der Waals surface area contributed by atoms with Gasteiger partial charge in [-0.25, -0.2) is 0 Å². The summed E-state index contributed by atoms with van der Waals surface area (Å²) in [6, 6.07) is 21.7. The molecule has 0 fully saturated rings. The standard InChI is InChI=1S/C23H25NO3/c1-3-20(27-22-14-8-11-18-10-5-6-12-19(18)22)23(25)24-15-16-26-21-13-7-4-9-17(21)2/h4-14,20H,3,15-16H2,1-2H3,(H,24,25)/t20-/m0/s1. The molecule has 0 bridgehead atoms. The highest BCUT2D eigenvalue weighted by Gasteiger charge is 2.18. The number of para-hydroxylation sites is 1. The van der Waals surface area contributed by atoms with Gasteiger partial charge in [0.1, 0.15) is 18.1 Å². The van der Waals surface area contributed by atoms with E-state index in [1.54, 1.807) is 0 Å². The van der Waals surface area contributed by atoms with Crippen LogP contribution in [0.2, 0.25) is 0 Å². The average molecular weight is 363 g/mol. The first-order valence-electron chi connectivity index (χ1n) is 9.29. The van der Waals surface area contributed by atoms with E-state index in [0.717, 1.165) is 27.8 Å². The molecule has 0 aromatic heterocycles. The maximum Gasteiger partial charge on any atom is 0.261 e. The zero-order valence-corrected chi connectivity index (χ0v) is 15.8. The SMILES string of the molecule is CC[C@H](Oc1cccc2ccccc12)C(=O)NCCOc1ccccc1C. The minimum atomic E-state index is -0.533. The molecule has 0 heterocycles. The third-order valence-corrected chi connectivity index (χ3v) is 4.43. The molecule has 0 aliphatic carbocycles. The Morgan fingerprint density at radius 2 is 1.67 bits per heavy atom. The van der Waals surface area contributed by atoms with Gasteiger partial charge in [0, 0.05) is 5.39 Å². The van der Waals surface area contributed by atoms with Crippen LogP contribution in [0, 0.1) is 6.92 Å². The van der Waals surface area contributed by atoms with E-state index in [2.05, 4.69) is 5.32 Å². The Kier molecular flexibility index (Phi) is 6.31. The lowest BCUT2D eigenvalue weighted by atomic mass is 10.1. The Hall–Kier alpha value is -3.01. The summed E-state index contributed by atoms with van der Waals surface area (Å²) < 4.78 is 11.7. The molecule has 3 rings (SSSR count). The van der Waals surface area contributed by atoms with Gasteiger partial charge in [-0.2, -0.15) is 0 Å². The van der Waals surface area contributed by atoms with E-state index in [1.165, 1.54) is 0 Å². The van der Waals surface area contributed by atoms with Crippen LogP contribution in [0.1, 0.15) is 18.9 Å². The Morgan fingerprint density at radius 1 is 0.963 bits per heavy atom. The molecule has 140 valence electrons. The average Bonchev–Trinajstić information content (AvgIpc) is 2.70. The van der Waals surface area contributed by atoms with Crippen molar-refractivity contribution >= 4 is 16.7 Å². The maximum atomic E-state index is 12.5. The number of carbonyl (C=O) groups is 1. The van der Waals surface area contributed by atoms with Gasteiger partial charge in [-0.3, -0.25) is 4.79 Å². The van der Waals surface area contributed by atoms with Crippen LogP contribution in [0.3, 0.4) is 0 Å². The van der Waals surface area contributed by atoms with Crippen molar-refractivity contribution < 1.29 is 14.3 Å². The molecule has 27 heavy (non-hydrogen) atoms. The van der Waals surface area contributed by atoms with Gasteiger partial charge in [-0.1, -0.05) is 61.5 Å². The van der Waals surface area contributed by atoms with Gasteiger partial charge in [0.15, 0.2) is 6.10 Å². The third kappa shape index (κ3) is 4.79.